The monoisotopic (exact) mass is 255 g/mol. The van der Waals surface area contributed by atoms with E-state index in [9.17, 15) is 0 Å². The van der Waals surface area contributed by atoms with Crippen LogP contribution in [0.4, 0.5) is 5.69 Å². The standard InChI is InChI=1S/C13H18ClNO2/c1-17-13-5-4-10(14)9-12(13)15-7-2-3-11(15)6-8-16/h4-5,9,11,16H,2-3,6-8H2,1H3. The third-order valence-corrected chi connectivity index (χ3v) is 3.52. The molecule has 1 N–H and O–H groups in total. The number of hydrogen-bond acceptors (Lipinski definition) is 3. The Morgan fingerprint density at radius 3 is 3.06 bits per heavy atom. The van der Waals surface area contributed by atoms with Crippen LogP contribution in [0.25, 0.3) is 0 Å². The second kappa shape index (κ2) is 5.61. The van der Waals surface area contributed by atoms with E-state index in [2.05, 4.69) is 4.90 Å². The SMILES string of the molecule is COc1ccc(Cl)cc1N1CCCC1CCO. The van der Waals surface area contributed by atoms with Gasteiger partial charge in [-0.25, -0.2) is 0 Å². The molecule has 0 aromatic heterocycles. The van der Waals surface area contributed by atoms with Crippen LogP contribution >= 0.6 is 11.6 Å². The molecule has 2 rings (SSSR count). The Balaban J connectivity index is 2.28. The van der Waals surface area contributed by atoms with Crippen molar-refractivity contribution in [2.75, 3.05) is 25.2 Å². The maximum atomic E-state index is 9.09. The van der Waals surface area contributed by atoms with Gasteiger partial charge in [-0.15, -0.1) is 0 Å². The van der Waals surface area contributed by atoms with Crippen molar-refractivity contribution >= 4 is 17.3 Å². The molecule has 4 heteroatoms. The van der Waals surface area contributed by atoms with Gasteiger partial charge in [0.15, 0.2) is 0 Å². The Morgan fingerprint density at radius 2 is 2.35 bits per heavy atom. The average Bonchev–Trinajstić information content (AvgIpc) is 2.77. The fourth-order valence-electron chi connectivity index (χ4n) is 2.49. The molecular weight excluding hydrogens is 238 g/mol. The molecule has 1 aromatic carbocycles. The lowest BCUT2D eigenvalue weighted by molar-refractivity contribution is 0.275. The van der Waals surface area contributed by atoms with Crippen LogP contribution in [0.1, 0.15) is 19.3 Å². The third kappa shape index (κ3) is 2.67. The van der Waals surface area contributed by atoms with Crippen molar-refractivity contribution in [3.05, 3.63) is 23.2 Å². The van der Waals surface area contributed by atoms with Gasteiger partial charge in [0.25, 0.3) is 0 Å². The molecule has 17 heavy (non-hydrogen) atoms. The maximum Gasteiger partial charge on any atom is 0.142 e. The van der Waals surface area contributed by atoms with Gasteiger partial charge in [0.2, 0.25) is 0 Å². The zero-order valence-corrected chi connectivity index (χ0v) is 10.8. The van der Waals surface area contributed by atoms with Crippen LogP contribution in [0, 0.1) is 0 Å². The summed E-state index contributed by atoms with van der Waals surface area (Å²) in [5.74, 6) is 0.847. The van der Waals surface area contributed by atoms with Crippen LogP contribution < -0.4 is 9.64 Å². The van der Waals surface area contributed by atoms with Crippen molar-refractivity contribution in [2.24, 2.45) is 0 Å². The van der Waals surface area contributed by atoms with Crippen molar-refractivity contribution in [3.8, 4) is 5.75 Å². The highest BCUT2D eigenvalue weighted by atomic mass is 35.5. The van der Waals surface area contributed by atoms with E-state index in [1.54, 1.807) is 7.11 Å². The van der Waals surface area contributed by atoms with Crippen molar-refractivity contribution < 1.29 is 9.84 Å². The summed E-state index contributed by atoms with van der Waals surface area (Å²) < 4.78 is 5.38. The van der Waals surface area contributed by atoms with E-state index in [0.717, 1.165) is 42.3 Å². The number of rotatable bonds is 4. The normalized spacial score (nSPS) is 19.7. The highest BCUT2D eigenvalue weighted by molar-refractivity contribution is 6.30. The summed E-state index contributed by atoms with van der Waals surface area (Å²) in [6.07, 6.45) is 3.08. The lowest BCUT2D eigenvalue weighted by Gasteiger charge is -2.28. The van der Waals surface area contributed by atoms with Crippen LogP contribution in [0.2, 0.25) is 5.02 Å². The number of benzene rings is 1. The Bertz CT molecular complexity index is 384. The summed E-state index contributed by atoms with van der Waals surface area (Å²) in [6.45, 7) is 1.23. The summed E-state index contributed by atoms with van der Waals surface area (Å²) in [5.41, 5.74) is 1.04. The summed E-state index contributed by atoms with van der Waals surface area (Å²) in [5, 5.41) is 9.81. The van der Waals surface area contributed by atoms with Crippen LogP contribution in [0.3, 0.4) is 0 Å². The van der Waals surface area contributed by atoms with E-state index in [-0.39, 0.29) is 6.61 Å². The van der Waals surface area contributed by atoms with Crippen LogP contribution in [-0.4, -0.2) is 31.4 Å². The fraction of sp³-hybridized carbons (Fsp3) is 0.538. The van der Waals surface area contributed by atoms with Gasteiger partial charge in [-0.1, -0.05) is 11.6 Å². The summed E-state index contributed by atoms with van der Waals surface area (Å²) in [4.78, 5) is 2.29. The molecule has 0 bridgehead atoms. The molecule has 1 aliphatic rings. The van der Waals surface area contributed by atoms with E-state index in [1.165, 1.54) is 0 Å². The predicted octanol–water partition coefficient (Wildman–Crippen LogP) is 2.70. The number of methoxy groups -OCH3 is 1. The van der Waals surface area contributed by atoms with E-state index in [0.29, 0.717) is 6.04 Å². The van der Waals surface area contributed by atoms with E-state index < -0.39 is 0 Å². The van der Waals surface area contributed by atoms with Gasteiger partial charge in [0, 0.05) is 24.2 Å². The zero-order valence-electron chi connectivity index (χ0n) is 10.0. The first-order chi connectivity index (χ1) is 8.26. The van der Waals surface area contributed by atoms with Gasteiger partial charge >= 0.3 is 0 Å². The molecule has 1 aliphatic heterocycles. The number of aliphatic hydroxyl groups excluding tert-OH is 1. The first-order valence-electron chi connectivity index (χ1n) is 5.97. The van der Waals surface area contributed by atoms with Crippen molar-refractivity contribution in [1.82, 2.24) is 0 Å². The molecule has 1 atom stereocenters. The molecule has 0 aliphatic carbocycles. The summed E-state index contributed by atoms with van der Waals surface area (Å²) >= 11 is 6.05. The zero-order chi connectivity index (χ0) is 12.3. The maximum absolute atomic E-state index is 9.09. The quantitative estimate of drug-likeness (QED) is 0.898. The fourth-order valence-corrected chi connectivity index (χ4v) is 2.66. The molecule has 0 saturated carbocycles. The smallest absolute Gasteiger partial charge is 0.142 e. The second-order valence-corrected chi connectivity index (χ2v) is 4.75. The topological polar surface area (TPSA) is 32.7 Å². The number of halogens is 1. The molecule has 0 amide bonds. The number of nitrogens with zero attached hydrogens (tertiary/aromatic N) is 1. The lowest BCUT2D eigenvalue weighted by atomic mass is 10.1. The number of anilines is 1. The van der Waals surface area contributed by atoms with Crippen molar-refractivity contribution in [1.29, 1.82) is 0 Å². The molecule has 94 valence electrons. The summed E-state index contributed by atoms with van der Waals surface area (Å²) in [7, 11) is 1.67. The molecule has 0 radical (unpaired) electrons. The van der Waals surface area contributed by atoms with Gasteiger partial charge in [0.05, 0.1) is 12.8 Å². The van der Waals surface area contributed by atoms with Gasteiger partial charge < -0.3 is 14.7 Å². The van der Waals surface area contributed by atoms with E-state index in [1.807, 2.05) is 18.2 Å². The molecule has 1 saturated heterocycles. The molecule has 3 nitrogen and oxygen atoms in total. The van der Waals surface area contributed by atoms with Gasteiger partial charge in [-0.05, 0) is 37.5 Å². The first-order valence-corrected chi connectivity index (χ1v) is 6.35. The minimum Gasteiger partial charge on any atom is -0.495 e. The summed E-state index contributed by atoms with van der Waals surface area (Å²) in [6, 6.07) is 6.07. The van der Waals surface area contributed by atoms with Gasteiger partial charge in [0.1, 0.15) is 5.75 Å². The van der Waals surface area contributed by atoms with Crippen LogP contribution in [-0.2, 0) is 0 Å². The minimum absolute atomic E-state index is 0.226. The Kier molecular flexibility index (Phi) is 4.13. The van der Waals surface area contributed by atoms with Gasteiger partial charge in [-0.2, -0.15) is 0 Å². The van der Waals surface area contributed by atoms with Crippen molar-refractivity contribution in [2.45, 2.75) is 25.3 Å². The predicted molar refractivity (Wildman–Crippen MR) is 70.1 cm³/mol. The molecule has 1 unspecified atom stereocenters. The average molecular weight is 256 g/mol. The highest BCUT2D eigenvalue weighted by Crippen LogP contribution is 2.36. The number of aliphatic hydroxyl groups is 1. The van der Waals surface area contributed by atoms with Crippen molar-refractivity contribution in [3.63, 3.8) is 0 Å². The van der Waals surface area contributed by atoms with E-state index in [4.69, 9.17) is 21.4 Å². The molecular formula is C13H18ClNO2. The number of hydrogen-bond donors (Lipinski definition) is 1. The first kappa shape index (κ1) is 12.5. The van der Waals surface area contributed by atoms with Crippen LogP contribution in [0.15, 0.2) is 18.2 Å². The molecule has 0 spiro atoms. The highest BCUT2D eigenvalue weighted by Gasteiger charge is 2.26. The Morgan fingerprint density at radius 1 is 1.53 bits per heavy atom. The number of ether oxygens (including phenoxy) is 1. The minimum atomic E-state index is 0.226. The second-order valence-electron chi connectivity index (χ2n) is 4.32. The molecule has 1 heterocycles. The molecule has 1 fully saturated rings. The van der Waals surface area contributed by atoms with Crippen LogP contribution in [0.5, 0.6) is 5.75 Å². The van der Waals surface area contributed by atoms with Gasteiger partial charge in [-0.3, -0.25) is 0 Å². The Hall–Kier alpha value is -0.930. The Labute approximate surface area is 107 Å². The largest absolute Gasteiger partial charge is 0.495 e. The van der Waals surface area contributed by atoms with E-state index >= 15 is 0 Å². The molecule has 1 aromatic rings. The lowest BCUT2D eigenvalue weighted by Crippen LogP contribution is -2.30. The third-order valence-electron chi connectivity index (χ3n) is 3.29.